The average molecular weight is 423 g/mol. The van der Waals surface area contributed by atoms with Crippen LogP contribution >= 0.6 is 0 Å². The Kier molecular flexibility index (Phi) is 13.4. The molecule has 2 aromatic rings. The van der Waals surface area contributed by atoms with Gasteiger partial charge in [-0.15, -0.1) is 11.6 Å². The summed E-state index contributed by atoms with van der Waals surface area (Å²) < 4.78 is 0. The van der Waals surface area contributed by atoms with Crippen molar-refractivity contribution in [3.63, 3.8) is 0 Å². The second-order valence-electron chi connectivity index (χ2n) is 3.06. The van der Waals surface area contributed by atoms with E-state index in [1.54, 1.807) is 0 Å². The van der Waals surface area contributed by atoms with Gasteiger partial charge in [-0.3, -0.25) is 0 Å². The quantitative estimate of drug-likeness (QED) is 0.694. The van der Waals surface area contributed by atoms with E-state index in [1.807, 2.05) is 30.3 Å². The second kappa shape index (κ2) is 12.5. The van der Waals surface area contributed by atoms with Crippen LogP contribution in [-0.2, 0) is 20.1 Å². The van der Waals surface area contributed by atoms with Gasteiger partial charge in [0.05, 0.1) is 0 Å². The van der Waals surface area contributed by atoms with Crippen molar-refractivity contribution in [2.24, 2.45) is 0 Å². The number of benzene rings is 2. The van der Waals surface area contributed by atoms with Gasteiger partial charge in [0.25, 0.3) is 0 Å². The first-order valence-electron chi connectivity index (χ1n) is 5.21. The maximum absolute atomic E-state index is 7.00. The van der Waals surface area contributed by atoms with Gasteiger partial charge in [-0.2, -0.15) is 48.5 Å². The van der Waals surface area contributed by atoms with E-state index in [4.69, 9.17) is 10.2 Å². The summed E-state index contributed by atoms with van der Waals surface area (Å²) in [5, 5.41) is 14.0. The zero-order chi connectivity index (χ0) is 13.1. The Bertz CT molecular complexity index is 385. The summed E-state index contributed by atoms with van der Waals surface area (Å²) in [5.41, 5.74) is 3.44. The minimum absolute atomic E-state index is 0. The molecule has 0 amide bonds. The SMILES string of the molecule is CO.CO.Cc1c[c-]c(-c2[c-]cccc2)cc1.[Ir+3]. The van der Waals surface area contributed by atoms with Crippen LogP contribution in [0.5, 0.6) is 0 Å². The first kappa shape index (κ1) is 19.4. The average Bonchev–Trinajstić information content (AvgIpc) is 2.45. The molecule has 2 rings (SSSR count). The van der Waals surface area contributed by atoms with Crippen molar-refractivity contribution in [1.82, 2.24) is 0 Å². The van der Waals surface area contributed by atoms with E-state index in [9.17, 15) is 0 Å². The van der Waals surface area contributed by atoms with Crippen LogP contribution in [0.25, 0.3) is 11.1 Å². The molecule has 2 N–H and O–H groups in total. The molecule has 0 spiro atoms. The van der Waals surface area contributed by atoms with Crippen LogP contribution in [0.2, 0.25) is 0 Å². The zero-order valence-electron chi connectivity index (χ0n) is 10.8. The summed E-state index contributed by atoms with van der Waals surface area (Å²) in [4.78, 5) is 0. The molecule has 2 nitrogen and oxygen atoms in total. The van der Waals surface area contributed by atoms with E-state index in [0.717, 1.165) is 25.3 Å². The maximum Gasteiger partial charge on any atom is 3.00 e. The van der Waals surface area contributed by atoms with Gasteiger partial charge < -0.3 is 10.2 Å². The van der Waals surface area contributed by atoms with E-state index in [-0.39, 0.29) is 20.1 Å². The Morgan fingerprint density at radius 3 is 1.89 bits per heavy atom. The first-order chi connectivity index (χ1) is 8.36. The van der Waals surface area contributed by atoms with Crippen molar-refractivity contribution in [3.8, 4) is 11.1 Å². The molecule has 0 bridgehead atoms. The van der Waals surface area contributed by atoms with Crippen LogP contribution in [0, 0.1) is 19.1 Å². The molecule has 3 heteroatoms. The molecule has 2 aromatic carbocycles. The van der Waals surface area contributed by atoms with Gasteiger partial charge in [0.2, 0.25) is 0 Å². The molecule has 0 saturated carbocycles. The summed E-state index contributed by atoms with van der Waals surface area (Å²) in [5.74, 6) is 0. The minimum Gasteiger partial charge on any atom is -0.400 e. The largest absolute Gasteiger partial charge is 3.00 e. The van der Waals surface area contributed by atoms with Gasteiger partial charge in [-0.1, -0.05) is 6.92 Å². The van der Waals surface area contributed by atoms with E-state index >= 15 is 0 Å². The molecule has 0 aliphatic rings. The standard InChI is InChI=1S/C13H10.2CH4O.Ir/c1-11-7-9-13(10-8-11)12-5-3-2-4-6-12;2*1-2;/h2-5,7-9H,1H3;2*2H,1H3;/q-2;;;+3. The van der Waals surface area contributed by atoms with Gasteiger partial charge in [-0.25, -0.2) is 11.1 Å². The monoisotopic (exact) mass is 423 g/mol. The molecule has 98 valence electrons. The summed E-state index contributed by atoms with van der Waals surface area (Å²) in [6.07, 6.45) is 0. The van der Waals surface area contributed by atoms with E-state index in [2.05, 4.69) is 31.2 Å². The van der Waals surface area contributed by atoms with Crippen molar-refractivity contribution in [2.75, 3.05) is 14.2 Å². The predicted molar refractivity (Wildman–Crippen MR) is 70.6 cm³/mol. The van der Waals surface area contributed by atoms with E-state index in [1.165, 1.54) is 5.56 Å². The molecular formula is C15H18IrO2+. The first-order valence-corrected chi connectivity index (χ1v) is 5.21. The molecule has 0 unspecified atom stereocenters. The molecule has 0 radical (unpaired) electrons. The van der Waals surface area contributed by atoms with Crippen molar-refractivity contribution in [1.29, 1.82) is 0 Å². The van der Waals surface area contributed by atoms with Gasteiger partial charge in [0, 0.05) is 14.2 Å². The van der Waals surface area contributed by atoms with Gasteiger partial charge >= 0.3 is 20.1 Å². The van der Waals surface area contributed by atoms with E-state index < -0.39 is 0 Å². The Labute approximate surface area is 123 Å². The van der Waals surface area contributed by atoms with Crippen LogP contribution < -0.4 is 0 Å². The topological polar surface area (TPSA) is 40.5 Å². The third-order valence-corrected chi connectivity index (χ3v) is 1.97. The van der Waals surface area contributed by atoms with Crippen LogP contribution in [-0.4, -0.2) is 24.4 Å². The molecular weight excluding hydrogens is 404 g/mol. The third kappa shape index (κ3) is 6.67. The molecule has 0 aliphatic heterocycles. The minimum atomic E-state index is 0. The maximum atomic E-state index is 7.00. The molecule has 0 heterocycles. The number of hydrogen-bond acceptors (Lipinski definition) is 2. The van der Waals surface area contributed by atoms with Crippen LogP contribution in [0.15, 0.2) is 42.5 Å². The fourth-order valence-electron chi connectivity index (χ4n) is 1.23. The third-order valence-electron chi connectivity index (χ3n) is 1.97. The Balaban J connectivity index is 0. The molecule has 0 aromatic heterocycles. The predicted octanol–water partition coefficient (Wildman–Crippen LogP) is 2.48. The van der Waals surface area contributed by atoms with Gasteiger partial charge in [0.1, 0.15) is 0 Å². The number of aliphatic hydroxyl groups excluding tert-OH is 2. The molecule has 0 saturated heterocycles. The van der Waals surface area contributed by atoms with Crippen LogP contribution in [0.4, 0.5) is 0 Å². The molecule has 18 heavy (non-hydrogen) atoms. The van der Waals surface area contributed by atoms with Crippen molar-refractivity contribution in [3.05, 3.63) is 60.2 Å². The summed E-state index contributed by atoms with van der Waals surface area (Å²) in [7, 11) is 2.00. The Hall–Kier alpha value is -0.991. The fourth-order valence-corrected chi connectivity index (χ4v) is 1.23. The number of rotatable bonds is 1. The van der Waals surface area contributed by atoms with Crippen molar-refractivity contribution >= 4 is 0 Å². The summed E-state index contributed by atoms with van der Waals surface area (Å²) in [6, 6.07) is 20.5. The molecule has 0 fully saturated rings. The van der Waals surface area contributed by atoms with E-state index in [0.29, 0.717) is 0 Å². The Morgan fingerprint density at radius 1 is 0.833 bits per heavy atom. The van der Waals surface area contributed by atoms with Crippen LogP contribution in [0.3, 0.4) is 0 Å². The van der Waals surface area contributed by atoms with Crippen LogP contribution in [0.1, 0.15) is 5.56 Å². The summed E-state index contributed by atoms with van der Waals surface area (Å²) in [6.45, 7) is 2.06. The smallest absolute Gasteiger partial charge is 0.400 e. The zero-order valence-corrected chi connectivity index (χ0v) is 13.2. The number of aryl methyl sites for hydroxylation is 1. The normalized spacial score (nSPS) is 7.83. The fraction of sp³-hybridized carbons (Fsp3) is 0.200. The van der Waals surface area contributed by atoms with Crippen molar-refractivity contribution < 1.29 is 30.3 Å². The molecule has 0 atom stereocenters. The van der Waals surface area contributed by atoms with Crippen molar-refractivity contribution in [2.45, 2.75) is 6.92 Å². The number of aliphatic hydroxyl groups is 2. The Morgan fingerprint density at radius 2 is 1.44 bits per heavy atom. The molecule has 0 aliphatic carbocycles. The van der Waals surface area contributed by atoms with Gasteiger partial charge in [0.15, 0.2) is 0 Å². The second-order valence-corrected chi connectivity index (χ2v) is 3.06. The number of hydrogen-bond donors (Lipinski definition) is 2. The summed E-state index contributed by atoms with van der Waals surface area (Å²) >= 11 is 0. The van der Waals surface area contributed by atoms with Gasteiger partial charge in [-0.05, 0) is 0 Å².